The number of hydrogen-bond acceptors (Lipinski definition) is 8. The SMILES string of the molecule is CCCC/C=C\CCCCCCCCOCC(COP(=O)(O)OCC(N)C(=O)O)OC(=O)CCCCCCC/C=C\CCCCCCCC. The van der Waals surface area contributed by atoms with Crippen molar-refractivity contribution < 1.29 is 42.7 Å². The van der Waals surface area contributed by atoms with Gasteiger partial charge in [0.1, 0.15) is 12.1 Å². The molecular weight excluding hydrogens is 645 g/mol. The fraction of sp³-hybridized carbons (Fsp3) is 0.842. The zero-order chi connectivity index (χ0) is 36.3. The van der Waals surface area contributed by atoms with Crippen LogP contribution in [0.15, 0.2) is 24.3 Å². The number of phosphoric acid groups is 1. The van der Waals surface area contributed by atoms with Crippen LogP contribution < -0.4 is 5.73 Å². The molecule has 0 saturated carbocycles. The summed E-state index contributed by atoms with van der Waals surface area (Å²) in [5, 5.41) is 8.86. The van der Waals surface area contributed by atoms with Crippen LogP contribution in [0.1, 0.15) is 168 Å². The minimum atomic E-state index is -4.61. The Morgan fingerprint density at radius 3 is 1.61 bits per heavy atom. The van der Waals surface area contributed by atoms with Crippen molar-refractivity contribution in [1.29, 1.82) is 0 Å². The number of allylic oxidation sites excluding steroid dienone is 4. The largest absolute Gasteiger partial charge is 0.480 e. The van der Waals surface area contributed by atoms with Crippen LogP contribution in [0.3, 0.4) is 0 Å². The van der Waals surface area contributed by atoms with Gasteiger partial charge in [0.15, 0.2) is 0 Å². The highest BCUT2D eigenvalue weighted by molar-refractivity contribution is 7.47. The van der Waals surface area contributed by atoms with E-state index in [4.69, 9.17) is 24.8 Å². The summed E-state index contributed by atoms with van der Waals surface area (Å²) in [5.74, 6) is -1.79. The van der Waals surface area contributed by atoms with Crippen molar-refractivity contribution in [2.75, 3.05) is 26.4 Å². The van der Waals surface area contributed by atoms with Crippen LogP contribution >= 0.6 is 7.82 Å². The standard InChI is InChI=1S/C38H72NO9P/c1-3-5-7-9-11-13-15-17-18-19-20-22-24-26-28-30-37(40)48-35(33-46-49(43,44)47-34-36(39)38(41)42)32-45-31-29-27-25-23-21-16-14-12-10-8-6-4-2/h10,12,17-18,35-36H,3-9,11,13-16,19-34,39H2,1-2H3,(H,41,42)(H,43,44)/b12-10-,18-17-. The van der Waals surface area contributed by atoms with Crippen LogP contribution in [-0.4, -0.2) is 60.5 Å². The van der Waals surface area contributed by atoms with E-state index in [2.05, 4.69) is 42.7 Å². The van der Waals surface area contributed by atoms with Gasteiger partial charge in [0, 0.05) is 13.0 Å². The molecule has 0 fully saturated rings. The molecule has 0 spiro atoms. The fourth-order valence-corrected chi connectivity index (χ4v) is 5.89. The number of aliphatic carboxylic acids is 1. The van der Waals surface area contributed by atoms with E-state index < -0.39 is 45.1 Å². The average molecular weight is 718 g/mol. The molecule has 0 bridgehead atoms. The number of carboxylic acids is 1. The molecule has 3 atom stereocenters. The highest BCUT2D eigenvalue weighted by Gasteiger charge is 2.27. The third kappa shape index (κ3) is 34.7. The molecular formula is C38H72NO9P. The van der Waals surface area contributed by atoms with Gasteiger partial charge >= 0.3 is 19.8 Å². The number of rotatable bonds is 37. The Labute approximate surface area is 298 Å². The van der Waals surface area contributed by atoms with Gasteiger partial charge in [0.2, 0.25) is 0 Å². The zero-order valence-corrected chi connectivity index (χ0v) is 31.9. The number of carbonyl (C=O) groups is 2. The van der Waals surface area contributed by atoms with Crippen LogP contribution in [0.4, 0.5) is 0 Å². The predicted octanol–water partition coefficient (Wildman–Crippen LogP) is 9.97. The summed E-state index contributed by atoms with van der Waals surface area (Å²) in [6, 6.07) is -1.47. The van der Waals surface area contributed by atoms with E-state index in [9.17, 15) is 19.0 Å². The maximum absolute atomic E-state index is 12.6. The number of hydrogen-bond donors (Lipinski definition) is 3. The molecule has 3 unspecified atom stereocenters. The van der Waals surface area contributed by atoms with Crippen molar-refractivity contribution in [3.05, 3.63) is 24.3 Å². The molecule has 0 aromatic rings. The summed E-state index contributed by atoms with van der Waals surface area (Å²) < 4.78 is 33.2. The summed E-state index contributed by atoms with van der Waals surface area (Å²) in [5.41, 5.74) is 5.33. The van der Waals surface area contributed by atoms with Crippen molar-refractivity contribution in [2.45, 2.75) is 180 Å². The first-order valence-corrected chi connectivity index (χ1v) is 20.9. The molecule has 0 aromatic heterocycles. The van der Waals surface area contributed by atoms with E-state index in [0.717, 1.165) is 57.8 Å². The fourth-order valence-electron chi connectivity index (χ4n) is 5.11. The number of carboxylic acid groups (broad SMARTS) is 1. The number of carbonyl (C=O) groups excluding carboxylic acids is 1. The van der Waals surface area contributed by atoms with E-state index in [1.54, 1.807) is 0 Å². The lowest BCUT2D eigenvalue weighted by atomic mass is 10.1. The number of esters is 1. The smallest absolute Gasteiger partial charge is 0.472 e. The predicted molar refractivity (Wildman–Crippen MR) is 198 cm³/mol. The molecule has 10 nitrogen and oxygen atoms in total. The van der Waals surface area contributed by atoms with Gasteiger partial charge in [-0.2, -0.15) is 0 Å². The summed E-state index contributed by atoms with van der Waals surface area (Å²) >= 11 is 0. The minimum Gasteiger partial charge on any atom is -0.480 e. The first-order valence-electron chi connectivity index (χ1n) is 19.4. The third-order valence-corrected chi connectivity index (χ3v) is 9.15. The molecule has 49 heavy (non-hydrogen) atoms. The molecule has 0 rings (SSSR count). The van der Waals surface area contributed by atoms with Crippen molar-refractivity contribution in [1.82, 2.24) is 0 Å². The quantitative estimate of drug-likeness (QED) is 0.0245. The molecule has 0 radical (unpaired) electrons. The van der Waals surface area contributed by atoms with Crippen molar-refractivity contribution in [2.24, 2.45) is 5.73 Å². The molecule has 0 aromatic carbocycles. The van der Waals surface area contributed by atoms with Crippen molar-refractivity contribution in [3.8, 4) is 0 Å². The van der Waals surface area contributed by atoms with Crippen LogP contribution in [0.2, 0.25) is 0 Å². The molecule has 0 aliphatic carbocycles. The molecule has 0 heterocycles. The lowest BCUT2D eigenvalue weighted by Crippen LogP contribution is -2.34. The Balaban J connectivity index is 4.31. The lowest BCUT2D eigenvalue weighted by molar-refractivity contribution is -0.154. The second kappa shape index (κ2) is 34.9. The monoisotopic (exact) mass is 717 g/mol. The number of unbranched alkanes of at least 4 members (excludes halogenated alkanes) is 19. The van der Waals surface area contributed by atoms with Gasteiger partial charge in [-0.25, -0.2) is 4.57 Å². The summed E-state index contributed by atoms with van der Waals surface area (Å²) in [6.45, 7) is 3.81. The molecule has 0 saturated heterocycles. The maximum atomic E-state index is 12.6. The Hall–Kier alpha value is -1.55. The van der Waals surface area contributed by atoms with Gasteiger partial charge < -0.3 is 25.2 Å². The van der Waals surface area contributed by atoms with E-state index in [1.165, 1.54) is 83.5 Å². The van der Waals surface area contributed by atoms with E-state index in [1.807, 2.05) is 0 Å². The van der Waals surface area contributed by atoms with Gasteiger partial charge in [-0.05, 0) is 57.8 Å². The average Bonchev–Trinajstić information content (AvgIpc) is 3.07. The number of ether oxygens (including phenoxy) is 2. The molecule has 0 aliphatic heterocycles. The number of phosphoric ester groups is 1. The molecule has 4 N–H and O–H groups in total. The second-order valence-corrected chi connectivity index (χ2v) is 14.5. The lowest BCUT2D eigenvalue weighted by Gasteiger charge is -2.20. The molecule has 0 amide bonds. The van der Waals surface area contributed by atoms with Crippen LogP contribution in [-0.2, 0) is 32.7 Å². The van der Waals surface area contributed by atoms with E-state index in [0.29, 0.717) is 13.0 Å². The topological polar surface area (TPSA) is 155 Å². The first-order chi connectivity index (χ1) is 23.7. The summed E-state index contributed by atoms with van der Waals surface area (Å²) in [7, 11) is -4.61. The van der Waals surface area contributed by atoms with Crippen molar-refractivity contribution in [3.63, 3.8) is 0 Å². The van der Waals surface area contributed by atoms with Gasteiger partial charge in [0.05, 0.1) is 19.8 Å². The van der Waals surface area contributed by atoms with Crippen LogP contribution in [0, 0.1) is 0 Å². The summed E-state index contributed by atoms with van der Waals surface area (Å²) in [6.07, 6.45) is 35.1. The van der Waals surface area contributed by atoms with Crippen LogP contribution in [0.25, 0.3) is 0 Å². The highest BCUT2D eigenvalue weighted by Crippen LogP contribution is 2.43. The van der Waals surface area contributed by atoms with E-state index in [-0.39, 0.29) is 13.0 Å². The highest BCUT2D eigenvalue weighted by atomic mass is 31.2. The molecule has 0 aliphatic rings. The van der Waals surface area contributed by atoms with Gasteiger partial charge in [-0.3, -0.25) is 18.6 Å². The number of nitrogens with two attached hydrogens (primary N) is 1. The Bertz CT molecular complexity index is 883. The Kier molecular flexibility index (Phi) is 33.8. The molecule has 288 valence electrons. The first kappa shape index (κ1) is 47.4. The third-order valence-electron chi connectivity index (χ3n) is 8.20. The normalized spacial score (nSPS) is 14.4. The summed E-state index contributed by atoms with van der Waals surface area (Å²) in [4.78, 5) is 33.4. The van der Waals surface area contributed by atoms with Gasteiger partial charge in [-0.1, -0.05) is 128 Å². The maximum Gasteiger partial charge on any atom is 0.472 e. The molecule has 11 heteroatoms. The Morgan fingerprint density at radius 2 is 1.08 bits per heavy atom. The van der Waals surface area contributed by atoms with Crippen molar-refractivity contribution >= 4 is 19.8 Å². The Morgan fingerprint density at radius 1 is 0.633 bits per heavy atom. The van der Waals surface area contributed by atoms with Gasteiger partial charge in [-0.15, -0.1) is 0 Å². The minimum absolute atomic E-state index is 0.0110. The van der Waals surface area contributed by atoms with Gasteiger partial charge in [0.25, 0.3) is 0 Å². The van der Waals surface area contributed by atoms with Crippen LogP contribution in [0.5, 0.6) is 0 Å². The zero-order valence-electron chi connectivity index (χ0n) is 31.0. The van der Waals surface area contributed by atoms with E-state index >= 15 is 0 Å². The second-order valence-electron chi connectivity index (χ2n) is 13.0.